The Hall–Kier alpha value is -3.23. The number of aliphatic hydroxyl groups excluding tert-OH is 1. The molecule has 1 N–H and O–H groups in total. The lowest BCUT2D eigenvalue weighted by Gasteiger charge is -2.29. The second-order valence-corrected chi connectivity index (χ2v) is 8.72. The summed E-state index contributed by atoms with van der Waals surface area (Å²) in [6.45, 7) is 6.81. The molecule has 2 aromatic carbocycles. The number of morpholine rings is 1. The lowest BCUT2D eigenvalue weighted by molar-refractivity contribution is -0.140. The average Bonchev–Trinajstić information content (AvgIpc) is 3.13. The zero-order valence-electron chi connectivity index (χ0n) is 19.9. The highest BCUT2D eigenvalue weighted by Gasteiger charge is 2.45. The summed E-state index contributed by atoms with van der Waals surface area (Å²) < 4.78 is 24.5. The zero-order valence-corrected chi connectivity index (χ0v) is 19.9. The summed E-state index contributed by atoms with van der Waals surface area (Å²) in [5.74, 6) is -1.46. The molecule has 186 valence electrons. The third-order valence-electron chi connectivity index (χ3n) is 6.30. The van der Waals surface area contributed by atoms with E-state index in [1.165, 1.54) is 29.2 Å². The minimum absolute atomic E-state index is 0.00945. The van der Waals surface area contributed by atoms with Crippen molar-refractivity contribution in [2.75, 3.05) is 46.0 Å². The molecule has 35 heavy (non-hydrogen) atoms. The van der Waals surface area contributed by atoms with Gasteiger partial charge in [0.05, 0.1) is 31.4 Å². The number of halogens is 1. The van der Waals surface area contributed by atoms with Crippen molar-refractivity contribution in [1.82, 2.24) is 9.80 Å². The fraction of sp³-hybridized carbons (Fsp3) is 0.407. The second kappa shape index (κ2) is 11.5. The lowest BCUT2D eigenvalue weighted by Crippen LogP contribution is -2.38. The van der Waals surface area contributed by atoms with Crippen molar-refractivity contribution in [3.8, 4) is 5.75 Å². The topological polar surface area (TPSA) is 79.3 Å². The van der Waals surface area contributed by atoms with E-state index < -0.39 is 23.5 Å². The standard InChI is InChI=1S/C27H31FN2O5/c1-2-16-35-22-10-6-19(7-11-22)24-23(25(31)20-4-8-21(28)9-5-20)26(32)27(33)30(24)13-3-12-29-14-17-34-18-15-29/h4-11,24,31H,2-3,12-18H2,1H3/t24-/m0/s1. The number of ketones is 1. The fourth-order valence-corrected chi connectivity index (χ4v) is 4.48. The maximum absolute atomic E-state index is 13.4. The van der Waals surface area contributed by atoms with Crippen LogP contribution in [0.25, 0.3) is 5.76 Å². The highest BCUT2D eigenvalue weighted by molar-refractivity contribution is 6.46. The van der Waals surface area contributed by atoms with E-state index in [1.807, 2.05) is 19.1 Å². The van der Waals surface area contributed by atoms with Gasteiger partial charge in [0.2, 0.25) is 0 Å². The summed E-state index contributed by atoms with van der Waals surface area (Å²) in [5.41, 5.74) is 0.990. The van der Waals surface area contributed by atoms with Crippen molar-refractivity contribution in [1.29, 1.82) is 0 Å². The van der Waals surface area contributed by atoms with E-state index in [0.717, 1.165) is 26.1 Å². The van der Waals surface area contributed by atoms with Crippen LogP contribution in [0, 0.1) is 5.82 Å². The van der Waals surface area contributed by atoms with E-state index in [0.29, 0.717) is 44.1 Å². The second-order valence-electron chi connectivity index (χ2n) is 8.72. The number of hydrogen-bond acceptors (Lipinski definition) is 6. The van der Waals surface area contributed by atoms with Gasteiger partial charge in [-0.2, -0.15) is 0 Å². The number of nitrogens with zero attached hydrogens (tertiary/aromatic N) is 2. The molecule has 2 aliphatic heterocycles. The third kappa shape index (κ3) is 5.71. The predicted molar refractivity (Wildman–Crippen MR) is 130 cm³/mol. The monoisotopic (exact) mass is 482 g/mol. The summed E-state index contributed by atoms with van der Waals surface area (Å²) in [6, 6.07) is 11.7. The average molecular weight is 483 g/mol. The van der Waals surface area contributed by atoms with Crippen LogP contribution in [-0.2, 0) is 14.3 Å². The predicted octanol–water partition coefficient (Wildman–Crippen LogP) is 3.76. The fourth-order valence-electron chi connectivity index (χ4n) is 4.48. The third-order valence-corrected chi connectivity index (χ3v) is 6.30. The van der Waals surface area contributed by atoms with Gasteiger partial charge in [-0.25, -0.2) is 4.39 Å². The van der Waals surface area contributed by atoms with Crippen molar-refractivity contribution in [2.24, 2.45) is 0 Å². The molecule has 0 unspecified atom stereocenters. The summed E-state index contributed by atoms with van der Waals surface area (Å²) in [4.78, 5) is 30.0. The maximum Gasteiger partial charge on any atom is 0.295 e. The highest BCUT2D eigenvalue weighted by atomic mass is 19.1. The van der Waals surface area contributed by atoms with E-state index in [1.54, 1.807) is 12.1 Å². The number of carbonyl (C=O) groups is 2. The Labute approximate surface area is 204 Å². The summed E-state index contributed by atoms with van der Waals surface area (Å²) in [6.07, 6.45) is 1.56. The normalized spacial score (nSPS) is 20.4. The molecule has 2 aliphatic rings. The number of carbonyl (C=O) groups excluding carboxylic acids is 2. The van der Waals surface area contributed by atoms with Gasteiger partial charge in [-0.05, 0) is 54.8 Å². The lowest BCUT2D eigenvalue weighted by atomic mass is 9.95. The van der Waals surface area contributed by atoms with Crippen LogP contribution in [0.4, 0.5) is 4.39 Å². The number of rotatable bonds is 9. The largest absolute Gasteiger partial charge is 0.507 e. The van der Waals surface area contributed by atoms with Crippen LogP contribution < -0.4 is 4.74 Å². The van der Waals surface area contributed by atoms with Gasteiger partial charge in [0.1, 0.15) is 17.3 Å². The minimum Gasteiger partial charge on any atom is -0.507 e. The van der Waals surface area contributed by atoms with Crippen LogP contribution in [-0.4, -0.2) is 72.6 Å². The van der Waals surface area contributed by atoms with Crippen molar-refractivity contribution in [3.05, 3.63) is 71.0 Å². The Balaban J connectivity index is 1.64. The van der Waals surface area contributed by atoms with Gasteiger partial charge in [0.25, 0.3) is 11.7 Å². The number of aliphatic hydroxyl groups is 1. The summed E-state index contributed by atoms with van der Waals surface area (Å²) >= 11 is 0. The molecule has 0 saturated carbocycles. The Kier molecular flexibility index (Phi) is 8.15. The molecule has 2 heterocycles. The Bertz CT molecular complexity index is 1060. The molecular formula is C27H31FN2O5. The van der Waals surface area contributed by atoms with Gasteiger partial charge in [-0.3, -0.25) is 14.5 Å². The van der Waals surface area contributed by atoms with Crippen molar-refractivity contribution >= 4 is 17.4 Å². The van der Waals surface area contributed by atoms with Crippen LogP contribution in [0.2, 0.25) is 0 Å². The molecule has 1 atom stereocenters. The van der Waals surface area contributed by atoms with Crippen molar-refractivity contribution < 1.29 is 28.6 Å². The minimum atomic E-state index is -0.745. The maximum atomic E-state index is 13.4. The summed E-state index contributed by atoms with van der Waals surface area (Å²) in [7, 11) is 0. The molecule has 4 rings (SSSR count). The number of likely N-dealkylation sites (tertiary alicyclic amines) is 1. The van der Waals surface area contributed by atoms with Crippen LogP contribution in [0.1, 0.15) is 36.9 Å². The van der Waals surface area contributed by atoms with Gasteiger partial charge in [-0.1, -0.05) is 19.1 Å². The Morgan fingerprint density at radius 3 is 2.40 bits per heavy atom. The Morgan fingerprint density at radius 2 is 1.74 bits per heavy atom. The van der Waals surface area contributed by atoms with Gasteiger partial charge in [0, 0.05) is 31.7 Å². The first-order chi connectivity index (χ1) is 17.0. The molecule has 0 aromatic heterocycles. The van der Waals surface area contributed by atoms with E-state index in [4.69, 9.17) is 9.47 Å². The first-order valence-electron chi connectivity index (χ1n) is 12.1. The van der Waals surface area contributed by atoms with Gasteiger partial charge in [-0.15, -0.1) is 0 Å². The van der Waals surface area contributed by atoms with Crippen molar-refractivity contribution in [2.45, 2.75) is 25.8 Å². The number of hydrogen-bond donors (Lipinski definition) is 1. The molecule has 8 heteroatoms. The molecule has 0 spiro atoms. The molecule has 7 nitrogen and oxygen atoms in total. The van der Waals surface area contributed by atoms with Crippen LogP contribution in [0.3, 0.4) is 0 Å². The molecule has 0 bridgehead atoms. The first-order valence-corrected chi connectivity index (χ1v) is 12.1. The first kappa shape index (κ1) is 24.9. The zero-order chi connectivity index (χ0) is 24.8. The molecule has 0 radical (unpaired) electrons. The Morgan fingerprint density at radius 1 is 1.06 bits per heavy atom. The van der Waals surface area contributed by atoms with Crippen LogP contribution in [0.5, 0.6) is 5.75 Å². The number of benzene rings is 2. The number of Topliss-reactive ketones (excluding diaryl/α,β-unsaturated/α-hetero) is 1. The van der Waals surface area contributed by atoms with E-state index in [-0.39, 0.29) is 16.9 Å². The molecule has 2 fully saturated rings. The van der Waals surface area contributed by atoms with Gasteiger partial charge >= 0.3 is 0 Å². The van der Waals surface area contributed by atoms with Crippen LogP contribution in [0.15, 0.2) is 54.1 Å². The van der Waals surface area contributed by atoms with E-state index in [9.17, 15) is 19.1 Å². The van der Waals surface area contributed by atoms with Crippen molar-refractivity contribution in [3.63, 3.8) is 0 Å². The van der Waals surface area contributed by atoms with E-state index >= 15 is 0 Å². The van der Waals surface area contributed by atoms with Gasteiger partial charge in [0.15, 0.2) is 0 Å². The van der Waals surface area contributed by atoms with Gasteiger partial charge < -0.3 is 19.5 Å². The van der Waals surface area contributed by atoms with E-state index in [2.05, 4.69) is 4.90 Å². The van der Waals surface area contributed by atoms with Crippen LogP contribution >= 0.6 is 0 Å². The molecule has 2 aromatic rings. The number of ether oxygens (including phenoxy) is 2. The number of amides is 1. The summed E-state index contributed by atoms with van der Waals surface area (Å²) in [5, 5.41) is 11.1. The molecular weight excluding hydrogens is 451 g/mol. The molecule has 2 saturated heterocycles. The molecule has 1 amide bonds. The SMILES string of the molecule is CCCOc1ccc([C@H]2C(=C(O)c3ccc(F)cc3)C(=O)C(=O)N2CCCN2CCOCC2)cc1. The highest BCUT2D eigenvalue weighted by Crippen LogP contribution is 2.40. The smallest absolute Gasteiger partial charge is 0.295 e. The quantitative estimate of drug-likeness (QED) is 0.333. The molecule has 0 aliphatic carbocycles.